The van der Waals surface area contributed by atoms with Crippen molar-refractivity contribution in [3.05, 3.63) is 111 Å². The molecule has 8 heteroatoms. The van der Waals surface area contributed by atoms with Gasteiger partial charge in [0, 0.05) is 42.4 Å². The van der Waals surface area contributed by atoms with Gasteiger partial charge in [0.05, 0.1) is 25.5 Å². The average Bonchev–Trinajstić information content (AvgIpc) is 3.36. The Balaban J connectivity index is 1.46. The van der Waals surface area contributed by atoms with Crippen molar-refractivity contribution < 1.29 is 14.3 Å². The van der Waals surface area contributed by atoms with Crippen LogP contribution in [0.1, 0.15) is 55.2 Å². The van der Waals surface area contributed by atoms with Crippen molar-refractivity contribution in [2.24, 2.45) is 0 Å². The van der Waals surface area contributed by atoms with E-state index in [4.69, 9.17) is 9.47 Å². The molecule has 0 radical (unpaired) electrons. The lowest BCUT2D eigenvalue weighted by Gasteiger charge is -2.35. The summed E-state index contributed by atoms with van der Waals surface area (Å²) in [5, 5.41) is 6.78. The zero-order valence-corrected chi connectivity index (χ0v) is 24.4. The van der Waals surface area contributed by atoms with Crippen LogP contribution in [0.4, 0.5) is 11.5 Å². The second kappa shape index (κ2) is 11.3. The summed E-state index contributed by atoms with van der Waals surface area (Å²) >= 11 is 0. The molecule has 0 unspecified atom stereocenters. The summed E-state index contributed by atoms with van der Waals surface area (Å²) in [6.07, 6.45) is 0.971. The van der Waals surface area contributed by atoms with Crippen molar-refractivity contribution in [2.45, 2.75) is 38.5 Å². The highest BCUT2D eigenvalue weighted by molar-refractivity contribution is 6.01. The van der Waals surface area contributed by atoms with E-state index in [0.717, 1.165) is 41.3 Å². The molecule has 0 bridgehead atoms. The Morgan fingerprint density at radius 1 is 0.857 bits per heavy atom. The minimum absolute atomic E-state index is 0.0406. The average molecular weight is 565 g/mol. The maximum absolute atomic E-state index is 14.1. The van der Waals surface area contributed by atoms with Gasteiger partial charge in [0.2, 0.25) is 0 Å². The number of para-hydroxylation sites is 1. The number of nitrogens with zero attached hydrogens (tertiary/aromatic N) is 2. The van der Waals surface area contributed by atoms with Gasteiger partial charge in [-0.1, -0.05) is 36.4 Å². The molecule has 0 spiro atoms. The normalized spacial score (nSPS) is 17.8. The predicted octanol–water partition coefficient (Wildman–Crippen LogP) is 5.99. The number of aromatic nitrogens is 2. The second-order valence-electron chi connectivity index (χ2n) is 10.7. The lowest BCUT2D eigenvalue weighted by atomic mass is 9.72. The lowest BCUT2D eigenvalue weighted by Crippen LogP contribution is -2.32. The molecule has 2 heterocycles. The van der Waals surface area contributed by atoms with Crippen molar-refractivity contribution >= 4 is 17.3 Å². The van der Waals surface area contributed by atoms with Gasteiger partial charge in [0.25, 0.3) is 5.56 Å². The van der Waals surface area contributed by atoms with Crippen molar-refractivity contribution in [1.29, 1.82) is 0 Å². The van der Waals surface area contributed by atoms with E-state index in [9.17, 15) is 9.59 Å². The van der Waals surface area contributed by atoms with E-state index in [2.05, 4.69) is 53.4 Å². The van der Waals surface area contributed by atoms with Gasteiger partial charge in [-0.05, 0) is 73.7 Å². The fourth-order valence-corrected chi connectivity index (χ4v) is 6.39. The first-order valence-electron chi connectivity index (χ1n) is 14.5. The Morgan fingerprint density at radius 2 is 1.55 bits per heavy atom. The van der Waals surface area contributed by atoms with E-state index in [-0.39, 0.29) is 17.3 Å². The molecule has 1 aliphatic carbocycles. The quantitative estimate of drug-likeness (QED) is 0.274. The number of aromatic amines is 1. The predicted molar refractivity (Wildman–Crippen MR) is 165 cm³/mol. The van der Waals surface area contributed by atoms with E-state index < -0.39 is 5.92 Å². The number of fused-ring (bicyclic) bond motifs is 1. The van der Waals surface area contributed by atoms with Crippen LogP contribution in [0.15, 0.2) is 88.9 Å². The molecule has 8 nitrogen and oxygen atoms in total. The Bertz CT molecular complexity index is 1700. The molecule has 216 valence electrons. The van der Waals surface area contributed by atoms with Gasteiger partial charge in [0.1, 0.15) is 5.82 Å². The van der Waals surface area contributed by atoms with Crippen LogP contribution < -0.4 is 25.2 Å². The standard InChI is InChI=1S/C34H36N4O4/c1-5-37(6-2)24-15-12-21(13-16-24)30-31-26(35-33-32(30)34(40)38(36-33)25-10-8-7-9-11-25)18-23(19-27(31)39)22-14-17-28(41-3)29(20-22)42-4/h7-17,20,23,30,35-36H,5-6,18-19H2,1-4H3/t23-,30-/m0/s1. The highest BCUT2D eigenvalue weighted by Gasteiger charge is 2.41. The third-order valence-electron chi connectivity index (χ3n) is 8.54. The number of carbonyl (C=O) groups excluding carboxylic acids is 1. The fraction of sp³-hybridized carbons (Fsp3) is 0.294. The van der Waals surface area contributed by atoms with Crippen LogP contribution in [0.5, 0.6) is 11.5 Å². The number of carbonyl (C=O) groups is 1. The number of hydrogen-bond acceptors (Lipinski definition) is 6. The van der Waals surface area contributed by atoms with Gasteiger partial charge < -0.3 is 19.7 Å². The highest BCUT2D eigenvalue weighted by atomic mass is 16.5. The summed E-state index contributed by atoms with van der Waals surface area (Å²) < 4.78 is 12.5. The van der Waals surface area contributed by atoms with Crippen LogP contribution in [0, 0.1) is 0 Å². The Morgan fingerprint density at radius 3 is 2.21 bits per heavy atom. The molecule has 0 amide bonds. The first kappa shape index (κ1) is 27.4. The molecule has 2 N–H and O–H groups in total. The molecule has 3 aromatic carbocycles. The minimum atomic E-state index is -0.477. The fourth-order valence-electron chi connectivity index (χ4n) is 6.39. The van der Waals surface area contributed by atoms with E-state index in [1.807, 2.05) is 48.5 Å². The molecule has 42 heavy (non-hydrogen) atoms. The van der Waals surface area contributed by atoms with Crippen LogP contribution >= 0.6 is 0 Å². The molecule has 1 aromatic heterocycles. The van der Waals surface area contributed by atoms with Gasteiger partial charge in [-0.25, -0.2) is 4.68 Å². The number of ether oxygens (including phenoxy) is 2. The number of hydrogen-bond donors (Lipinski definition) is 2. The van der Waals surface area contributed by atoms with Crippen molar-refractivity contribution in [3.63, 3.8) is 0 Å². The number of ketones is 1. The second-order valence-corrected chi connectivity index (χ2v) is 10.7. The van der Waals surface area contributed by atoms with Crippen LogP contribution in [0.2, 0.25) is 0 Å². The first-order chi connectivity index (χ1) is 20.5. The zero-order chi connectivity index (χ0) is 29.4. The van der Waals surface area contributed by atoms with Gasteiger partial charge in [-0.2, -0.15) is 0 Å². The highest BCUT2D eigenvalue weighted by Crippen LogP contribution is 2.47. The van der Waals surface area contributed by atoms with Crippen LogP contribution in [0.25, 0.3) is 5.69 Å². The van der Waals surface area contributed by atoms with Crippen molar-refractivity contribution in [3.8, 4) is 17.2 Å². The summed E-state index contributed by atoms with van der Waals surface area (Å²) in [5.41, 5.74) is 5.71. The number of rotatable bonds is 8. The van der Waals surface area contributed by atoms with Crippen LogP contribution in [0.3, 0.4) is 0 Å². The number of anilines is 2. The Labute approximate surface area is 245 Å². The summed E-state index contributed by atoms with van der Waals surface area (Å²) in [6.45, 7) is 6.07. The largest absolute Gasteiger partial charge is 0.493 e. The Kier molecular flexibility index (Phi) is 7.37. The summed E-state index contributed by atoms with van der Waals surface area (Å²) in [7, 11) is 3.22. The van der Waals surface area contributed by atoms with E-state index >= 15 is 0 Å². The molecule has 2 aliphatic rings. The van der Waals surface area contributed by atoms with E-state index in [1.54, 1.807) is 18.9 Å². The molecule has 0 saturated heterocycles. The number of Topliss-reactive ketones (excluding diaryl/α,β-unsaturated/α-hetero) is 1. The van der Waals surface area contributed by atoms with Gasteiger partial charge in [-0.15, -0.1) is 0 Å². The minimum Gasteiger partial charge on any atom is -0.493 e. The third-order valence-corrected chi connectivity index (χ3v) is 8.54. The zero-order valence-electron chi connectivity index (χ0n) is 24.4. The lowest BCUT2D eigenvalue weighted by molar-refractivity contribution is -0.116. The van der Waals surface area contributed by atoms with Crippen molar-refractivity contribution in [2.75, 3.05) is 37.5 Å². The monoisotopic (exact) mass is 564 g/mol. The topological polar surface area (TPSA) is 88.6 Å². The Hall–Kier alpha value is -4.72. The molecule has 6 rings (SSSR count). The van der Waals surface area contributed by atoms with Gasteiger partial charge in [-0.3, -0.25) is 14.7 Å². The first-order valence-corrected chi connectivity index (χ1v) is 14.5. The number of nitrogens with one attached hydrogen (secondary N) is 2. The number of methoxy groups -OCH3 is 2. The molecule has 0 fully saturated rings. The SMILES string of the molecule is CCN(CC)c1ccc([C@H]2C3=C(C[C@H](c4ccc(OC)c(OC)c4)CC3=O)Nc3[nH]n(-c4ccccc4)c(=O)c32)cc1. The smallest absolute Gasteiger partial charge is 0.277 e. The van der Waals surface area contributed by atoms with Crippen molar-refractivity contribution in [1.82, 2.24) is 9.78 Å². The molecule has 4 aromatic rings. The maximum atomic E-state index is 14.1. The molecule has 2 atom stereocenters. The molecular weight excluding hydrogens is 528 g/mol. The van der Waals surface area contributed by atoms with Gasteiger partial charge >= 0.3 is 0 Å². The maximum Gasteiger partial charge on any atom is 0.277 e. The number of allylic oxidation sites excluding steroid dienone is 2. The molecule has 0 saturated carbocycles. The molecule has 1 aliphatic heterocycles. The third kappa shape index (κ3) is 4.66. The number of benzene rings is 3. The summed E-state index contributed by atoms with van der Waals surface area (Å²) in [6, 6.07) is 23.6. The van der Waals surface area contributed by atoms with Crippen LogP contribution in [-0.4, -0.2) is 42.9 Å². The van der Waals surface area contributed by atoms with E-state index in [1.165, 1.54) is 0 Å². The number of H-pyrrole nitrogens is 1. The van der Waals surface area contributed by atoms with E-state index in [0.29, 0.717) is 41.3 Å². The van der Waals surface area contributed by atoms with Gasteiger partial charge in [0.15, 0.2) is 17.3 Å². The summed E-state index contributed by atoms with van der Waals surface area (Å²) in [5.74, 6) is 1.43. The summed E-state index contributed by atoms with van der Waals surface area (Å²) in [4.78, 5) is 30.3. The van der Waals surface area contributed by atoms with Crippen LogP contribution in [-0.2, 0) is 4.79 Å². The molecular formula is C34H36N4O4.